The average Bonchev–Trinajstić information content (AvgIpc) is 2.14. The molecule has 7 heteroatoms. The number of aliphatic hydroxyl groups is 1. The van der Waals surface area contributed by atoms with Gasteiger partial charge in [-0.2, -0.15) is 4.39 Å². The fraction of sp³-hybridized carbons (Fsp3) is 0.143. The summed E-state index contributed by atoms with van der Waals surface area (Å²) in [4.78, 5) is 9.35. The highest BCUT2D eigenvalue weighted by atomic mass is 127. The predicted octanol–water partition coefficient (Wildman–Crippen LogP) is 1.97. The first-order chi connectivity index (χ1) is 6.49. The number of rotatable bonds is 2. The van der Waals surface area contributed by atoms with Crippen LogP contribution in [0.4, 0.5) is 14.5 Å². The quantitative estimate of drug-likeness (QED) is 0.393. The lowest BCUT2D eigenvalue weighted by Gasteiger charge is -2.03. The Morgan fingerprint density at radius 2 is 2.07 bits per heavy atom. The minimum atomic E-state index is -1.22. The van der Waals surface area contributed by atoms with E-state index in [4.69, 9.17) is 5.11 Å². The van der Waals surface area contributed by atoms with E-state index in [-0.39, 0.29) is 5.56 Å². The Morgan fingerprint density at radius 3 is 2.50 bits per heavy atom. The second-order valence-electron chi connectivity index (χ2n) is 2.41. The number of nitrogens with zero attached hydrogens (tertiary/aromatic N) is 1. The third kappa shape index (κ3) is 1.82. The number of nitro groups is 1. The maximum atomic E-state index is 13.1. The van der Waals surface area contributed by atoms with Gasteiger partial charge in [0.25, 0.3) is 0 Å². The number of aliphatic hydroxyl groups excluding tert-OH is 1. The Kier molecular flexibility index (Phi) is 3.32. The van der Waals surface area contributed by atoms with Crippen molar-refractivity contribution in [3.63, 3.8) is 0 Å². The van der Waals surface area contributed by atoms with Crippen molar-refractivity contribution in [2.24, 2.45) is 0 Å². The first kappa shape index (κ1) is 11.2. The lowest BCUT2D eigenvalue weighted by Crippen LogP contribution is -2.02. The molecule has 0 fully saturated rings. The second-order valence-corrected chi connectivity index (χ2v) is 3.49. The van der Waals surface area contributed by atoms with Crippen LogP contribution in [0.3, 0.4) is 0 Å². The van der Waals surface area contributed by atoms with E-state index >= 15 is 0 Å². The highest BCUT2D eigenvalue weighted by Crippen LogP contribution is 2.27. The van der Waals surface area contributed by atoms with Gasteiger partial charge < -0.3 is 5.11 Å². The van der Waals surface area contributed by atoms with Gasteiger partial charge >= 0.3 is 5.69 Å². The second kappa shape index (κ2) is 4.13. The van der Waals surface area contributed by atoms with Gasteiger partial charge in [0.15, 0.2) is 0 Å². The molecule has 0 aliphatic carbocycles. The van der Waals surface area contributed by atoms with Gasteiger partial charge in [-0.25, -0.2) is 4.39 Å². The van der Waals surface area contributed by atoms with E-state index in [1.807, 2.05) is 0 Å². The normalized spacial score (nSPS) is 10.3. The lowest BCUT2D eigenvalue weighted by molar-refractivity contribution is -0.387. The summed E-state index contributed by atoms with van der Waals surface area (Å²) in [5, 5.41) is 19.0. The van der Waals surface area contributed by atoms with Gasteiger partial charge in [0.2, 0.25) is 5.82 Å². The van der Waals surface area contributed by atoms with E-state index in [1.54, 1.807) is 0 Å². The molecule has 1 N–H and O–H groups in total. The molecule has 1 aromatic carbocycles. The minimum Gasteiger partial charge on any atom is -0.392 e. The van der Waals surface area contributed by atoms with Crippen LogP contribution in [0.5, 0.6) is 0 Å². The van der Waals surface area contributed by atoms with Crippen molar-refractivity contribution in [1.29, 1.82) is 0 Å². The van der Waals surface area contributed by atoms with Crippen molar-refractivity contribution in [3.05, 3.63) is 36.9 Å². The molecule has 1 aromatic rings. The molecule has 0 saturated heterocycles. The summed E-state index contributed by atoms with van der Waals surface area (Å²) in [6.07, 6.45) is 0. The molecule has 0 unspecified atom stereocenters. The molecular formula is C7H4F2INO3. The molecule has 0 saturated carbocycles. The Labute approximate surface area is 90.8 Å². The van der Waals surface area contributed by atoms with Crippen molar-refractivity contribution in [2.45, 2.75) is 6.61 Å². The molecule has 76 valence electrons. The van der Waals surface area contributed by atoms with Crippen molar-refractivity contribution in [1.82, 2.24) is 0 Å². The first-order valence-corrected chi connectivity index (χ1v) is 4.48. The Morgan fingerprint density at radius 1 is 1.50 bits per heavy atom. The van der Waals surface area contributed by atoms with Crippen LogP contribution < -0.4 is 0 Å². The Bertz CT molecular complexity index is 397. The van der Waals surface area contributed by atoms with E-state index in [0.717, 1.165) is 0 Å². The molecular weight excluding hydrogens is 311 g/mol. The van der Waals surface area contributed by atoms with E-state index < -0.39 is 32.4 Å². The zero-order valence-electron chi connectivity index (χ0n) is 6.63. The smallest absolute Gasteiger partial charge is 0.306 e. The van der Waals surface area contributed by atoms with Crippen LogP contribution >= 0.6 is 22.6 Å². The Balaban J connectivity index is 3.48. The summed E-state index contributed by atoms with van der Waals surface area (Å²) in [7, 11) is 0. The third-order valence-electron chi connectivity index (χ3n) is 1.57. The number of hydrogen-bond acceptors (Lipinski definition) is 3. The molecule has 0 amide bonds. The van der Waals surface area contributed by atoms with Crippen molar-refractivity contribution in [2.75, 3.05) is 0 Å². The fourth-order valence-corrected chi connectivity index (χ4v) is 1.51. The van der Waals surface area contributed by atoms with E-state index in [9.17, 15) is 18.9 Å². The number of benzene rings is 1. The predicted molar refractivity (Wildman–Crippen MR) is 51.7 cm³/mol. The monoisotopic (exact) mass is 315 g/mol. The molecule has 1 rings (SSSR count). The van der Waals surface area contributed by atoms with Crippen molar-refractivity contribution >= 4 is 28.3 Å². The highest BCUT2D eigenvalue weighted by Gasteiger charge is 2.23. The van der Waals surface area contributed by atoms with E-state index in [0.29, 0.717) is 6.07 Å². The summed E-state index contributed by atoms with van der Waals surface area (Å²) in [6, 6.07) is 0.687. The van der Waals surface area contributed by atoms with Crippen LogP contribution in [0.15, 0.2) is 6.07 Å². The molecule has 0 aliphatic rings. The summed E-state index contributed by atoms with van der Waals surface area (Å²) in [6.45, 7) is -0.705. The summed E-state index contributed by atoms with van der Waals surface area (Å²) in [5.74, 6) is -2.18. The molecule has 0 aromatic heterocycles. The highest BCUT2D eigenvalue weighted by molar-refractivity contribution is 14.1. The van der Waals surface area contributed by atoms with Gasteiger partial charge in [0.05, 0.1) is 15.1 Å². The van der Waals surface area contributed by atoms with Gasteiger partial charge in [-0.3, -0.25) is 10.1 Å². The molecule has 14 heavy (non-hydrogen) atoms. The van der Waals surface area contributed by atoms with Crippen LogP contribution in [0.1, 0.15) is 5.56 Å². The Hall–Kier alpha value is -0.830. The van der Waals surface area contributed by atoms with Gasteiger partial charge in [-0.05, 0) is 22.6 Å². The maximum Gasteiger partial charge on any atom is 0.306 e. The maximum absolute atomic E-state index is 13.1. The van der Waals surface area contributed by atoms with Crippen LogP contribution in [-0.4, -0.2) is 10.0 Å². The topological polar surface area (TPSA) is 63.4 Å². The number of halogens is 3. The van der Waals surface area contributed by atoms with Crippen LogP contribution in [-0.2, 0) is 6.61 Å². The lowest BCUT2D eigenvalue weighted by atomic mass is 10.2. The molecule has 0 bridgehead atoms. The zero-order valence-corrected chi connectivity index (χ0v) is 8.79. The minimum absolute atomic E-state index is 0.289. The first-order valence-electron chi connectivity index (χ1n) is 3.40. The molecule has 4 nitrogen and oxygen atoms in total. The molecule has 0 spiro atoms. The SMILES string of the molecule is O=[N+]([O-])c1cc(CO)c(F)c(I)c1F. The van der Waals surface area contributed by atoms with Crippen molar-refractivity contribution in [3.8, 4) is 0 Å². The van der Waals surface area contributed by atoms with Crippen molar-refractivity contribution < 1.29 is 18.8 Å². The van der Waals surface area contributed by atoms with Gasteiger partial charge in [0.1, 0.15) is 5.82 Å². The van der Waals surface area contributed by atoms with Gasteiger partial charge in [0, 0.05) is 11.6 Å². The zero-order chi connectivity index (χ0) is 10.9. The largest absolute Gasteiger partial charge is 0.392 e. The summed E-state index contributed by atoms with van der Waals surface area (Å²) >= 11 is 1.31. The standard InChI is InChI=1S/C7H4F2INO3/c8-5-3(2-12)1-4(11(13)14)6(9)7(5)10/h1,12H,2H2. The molecule has 0 radical (unpaired) electrons. The summed E-state index contributed by atoms with van der Waals surface area (Å²) < 4.78 is 25.6. The van der Waals surface area contributed by atoms with Gasteiger partial charge in [-0.15, -0.1) is 0 Å². The average molecular weight is 315 g/mol. The van der Waals surface area contributed by atoms with E-state index in [1.165, 1.54) is 22.6 Å². The van der Waals surface area contributed by atoms with Gasteiger partial charge in [-0.1, -0.05) is 0 Å². The van der Waals surface area contributed by atoms with Crippen LogP contribution in [0, 0.1) is 25.3 Å². The summed E-state index contributed by atoms with van der Waals surface area (Å²) in [5.41, 5.74) is -1.12. The third-order valence-corrected chi connectivity index (χ3v) is 2.52. The number of hydrogen-bond donors (Lipinski definition) is 1. The van der Waals surface area contributed by atoms with Crippen LogP contribution in [0.25, 0.3) is 0 Å². The fourth-order valence-electron chi connectivity index (χ4n) is 0.889. The molecule has 0 atom stereocenters. The van der Waals surface area contributed by atoms with Crippen LogP contribution in [0.2, 0.25) is 0 Å². The molecule has 0 heterocycles. The molecule has 0 aliphatic heterocycles. The number of nitro benzene ring substituents is 1. The van der Waals surface area contributed by atoms with E-state index in [2.05, 4.69) is 0 Å².